The van der Waals surface area contributed by atoms with Gasteiger partial charge >= 0.3 is 0 Å². The normalized spacial score (nSPS) is 15.1. The second kappa shape index (κ2) is 8.43. The highest BCUT2D eigenvalue weighted by Gasteiger charge is 2.34. The Bertz CT molecular complexity index is 1350. The molecule has 2 heterocycles. The van der Waals surface area contributed by atoms with Crippen LogP contribution in [0.15, 0.2) is 72.8 Å². The third-order valence-electron chi connectivity index (χ3n) is 5.97. The first-order valence-electron chi connectivity index (χ1n) is 10.8. The second-order valence-corrected chi connectivity index (χ2v) is 8.11. The van der Waals surface area contributed by atoms with Gasteiger partial charge in [0.15, 0.2) is 6.10 Å². The number of nitrogens with one attached hydrogen (secondary N) is 1. The molecule has 0 aliphatic carbocycles. The number of ether oxygens (including phenoxy) is 1. The minimum absolute atomic E-state index is 0.121. The lowest BCUT2D eigenvalue weighted by Gasteiger charge is -2.34. The SMILES string of the molecule is Cc1nc2cc(C(=O)N3CC(C(=O)NCc4ccccc4)Oc4ccccc43)ccc2n1C. The van der Waals surface area contributed by atoms with Gasteiger partial charge in [-0.15, -0.1) is 0 Å². The maximum Gasteiger partial charge on any atom is 0.263 e. The smallest absolute Gasteiger partial charge is 0.263 e. The fourth-order valence-corrected chi connectivity index (χ4v) is 4.07. The summed E-state index contributed by atoms with van der Waals surface area (Å²) in [6.07, 6.45) is -0.812. The van der Waals surface area contributed by atoms with E-state index in [0.29, 0.717) is 23.5 Å². The monoisotopic (exact) mass is 440 g/mol. The summed E-state index contributed by atoms with van der Waals surface area (Å²) in [5.74, 6) is 0.923. The molecule has 0 saturated heterocycles. The van der Waals surface area contributed by atoms with Crippen molar-refractivity contribution in [2.24, 2.45) is 7.05 Å². The first-order valence-corrected chi connectivity index (χ1v) is 10.8. The number of aromatic nitrogens is 2. The van der Waals surface area contributed by atoms with Crippen LogP contribution in [0.4, 0.5) is 5.69 Å². The fraction of sp³-hybridized carbons (Fsp3) is 0.192. The summed E-state index contributed by atoms with van der Waals surface area (Å²) in [5.41, 5.74) is 3.88. The molecule has 7 nitrogen and oxygen atoms in total. The van der Waals surface area contributed by atoms with Crippen LogP contribution in [0.3, 0.4) is 0 Å². The van der Waals surface area contributed by atoms with E-state index in [2.05, 4.69) is 10.3 Å². The van der Waals surface area contributed by atoms with Crippen molar-refractivity contribution >= 4 is 28.5 Å². The summed E-state index contributed by atoms with van der Waals surface area (Å²) in [4.78, 5) is 32.6. The van der Waals surface area contributed by atoms with Gasteiger partial charge < -0.3 is 19.5 Å². The summed E-state index contributed by atoms with van der Waals surface area (Å²) >= 11 is 0. The average Bonchev–Trinajstić information content (AvgIpc) is 3.14. The van der Waals surface area contributed by atoms with E-state index < -0.39 is 6.10 Å². The first-order chi connectivity index (χ1) is 16.0. The van der Waals surface area contributed by atoms with Gasteiger partial charge in [-0.05, 0) is 42.8 Å². The quantitative estimate of drug-likeness (QED) is 0.526. The van der Waals surface area contributed by atoms with Gasteiger partial charge in [0.25, 0.3) is 11.8 Å². The van der Waals surface area contributed by atoms with Crippen LogP contribution in [0.1, 0.15) is 21.7 Å². The predicted molar refractivity (Wildman–Crippen MR) is 126 cm³/mol. The van der Waals surface area contributed by atoms with Crippen molar-refractivity contribution in [2.75, 3.05) is 11.4 Å². The summed E-state index contributed by atoms with van der Waals surface area (Å²) in [7, 11) is 1.95. The number of carbonyl (C=O) groups is 2. The van der Waals surface area contributed by atoms with Crippen molar-refractivity contribution in [3.8, 4) is 5.75 Å². The van der Waals surface area contributed by atoms with E-state index in [1.807, 2.05) is 73.1 Å². The first kappa shape index (κ1) is 20.8. The molecular weight excluding hydrogens is 416 g/mol. The van der Waals surface area contributed by atoms with Gasteiger partial charge in [-0.1, -0.05) is 42.5 Å². The molecule has 0 bridgehead atoms. The number of nitrogens with zero attached hydrogens (tertiary/aromatic N) is 3. The van der Waals surface area contributed by atoms with Gasteiger partial charge in [-0.2, -0.15) is 0 Å². The highest BCUT2D eigenvalue weighted by atomic mass is 16.5. The van der Waals surface area contributed by atoms with Crippen molar-refractivity contribution in [2.45, 2.75) is 19.6 Å². The van der Waals surface area contributed by atoms with Gasteiger partial charge in [0, 0.05) is 19.2 Å². The average molecular weight is 441 g/mol. The Morgan fingerprint density at radius 3 is 2.64 bits per heavy atom. The van der Waals surface area contributed by atoms with Gasteiger partial charge in [-0.3, -0.25) is 9.59 Å². The summed E-state index contributed by atoms with van der Waals surface area (Å²) in [5, 5.41) is 2.92. The number of hydrogen-bond donors (Lipinski definition) is 1. The highest BCUT2D eigenvalue weighted by Crippen LogP contribution is 2.34. The van der Waals surface area contributed by atoms with Crippen molar-refractivity contribution in [3.05, 3.63) is 89.7 Å². The summed E-state index contributed by atoms with van der Waals surface area (Å²) < 4.78 is 7.95. The molecule has 0 spiro atoms. The lowest BCUT2D eigenvalue weighted by atomic mass is 10.1. The maximum atomic E-state index is 13.5. The zero-order valence-electron chi connectivity index (χ0n) is 18.5. The number of fused-ring (bicyclic) bond motifs is 2. The van der Waals surface area contributed by atoms with Crippen LogP contribution in [0, 0.1) is 6.92 Å². The molecule has 1 atom stereocenters. The van der Waals surface area contributed by atoms with Crippen LogP contribution in [-0.4, -0.2) is 34.0 Å². The number of anilines is 1. The van der Waals surface area contributed by atoms with Crippen molar-refractivity contribution < 1.29 is 14.3 Å². The molecule has 1 aromatic heterocycles. The number of amides is 2. The van der Waals surface area contributed by atoms with Crippen LogP contribution in [0.25, 0.3) is 11.0 Å². The number of para-hydroxylation sites is 2. The predicted octanol–water partition coefficient (Wildman–Crippen LogP) is 3.61. The molecule has 7 heteroatoms. The Balaban J connectivity index is 1.41. The number of imidazole rings is 1. The lowest BCUT2D eigenvalue weighted by molar-refractivity contribution is -0.127. The molecule has 5 rings (SSSR count). The maximum absolute atomic E-state index is 13.5. The number of benzene rings is 3. The standard InChI is InChI=1S/C26H24N4O3/c1-17-28-20-14-19(12-13-21(20)29(17)2)26(32)30-16-24(33-23-11-7-6-10-22(23)30)25(31)27-15-18-8-4-3-5-9-18/h3-14,24H,15-16H2,1-2H3,(H,27,31). The number of rotatable bonds is 4. The van der Waals surface area contributed by atoms with Gasteiger partial charge in [0.2, 0.25) is 0 Å². The molecule has 4 aromatic rings. The van der Waals surface area contributed by atoms with E-state index >= 15 is 0 Å². The molecule has 33 heavy (non-hydrogen) atoms. The third kappa shape index (κ3) is 3.93. The fourth-order valence-electron chi connectivity index (χ4n) is 4.07. The van der Waals surface area contributed by atoms with E-state index in [4.69, 9.17) is 4.74 Å². The molecule has 1 aliphatic rings. The number of carbonyl (C=O) groups excluding carboxylic acids is 2. The second-order valence-electron chi connectivity index (χ2n) is 8.11. The van der Waals surface area contributed by atoms with Crippen LogP contribution in [-0.2, 0) is 18.4 Å². The third-order valence-corrected chi connectivity index (χ3v) is 5.97. The lowest BCUT2D eigenvalue weighted by Crippen LogP contribution is -2.50. The number of aryl methyl sites for hydroxylation is 2. The molecule has 0 fully saturated rings. The summed E-state index contributed by atoms with van der Waals surface area (Å²) in [6.45, 7) is 2.44. The van der Waals surface area contributed by atoms with E-state index in [-0.39, 0.29) is 18.4 Å². The Hall–Kier alpha value is -4.13. The Morgan fingerprint density at radius 1 is 1.06 bits per heavy atom. The molecular formula is C26H24N4O3. The van der Waals surface area contributed by atoms with E-state index in [9.17, 15) is 9.59 Å². The molecule has 2 amide bonds. The van der Waals surface area contributed by atoms with Gasteiger partial charge in [0.05, 0.1) is 23.3 Å². The van der Waals surface area contributed by atoms with Gasteiger partial charge in [0.1, 0.15) is 11.6 Å². The van der Waals surface area contributed by atoms with Crippen LogP contribution in [0.2, 0.25) is 0 Å². The molecule has 0 radical (unpaired) electrons. The number of hydrogen-bond acceptors (Lipinski definition) is 4. The molecule has 166 valence electrons. The molecule has 0 saturated carbocycles. The molecule has 1 aliphatic heterocycles. The highest BCUT2D eigenvalue weighted by molar-refractivity contribution is 6.09. The zero-order valence-corrected chi connectivity index (χ0v) is 18.5. The topological polar surface area (TPSA) is 76.5 Å². The zero-order chi connectivity index (χ0) is 22.9. The van der Waals surface area contributed by atoms with E-state index in [1.54, 1.807) is 23.1 Å². The van der Waals surface area contributed by atoms with Crippen molar-refractivity contribution in [1.29, 1.82) is 0 Å². The van der Waals surface area contributed by atoms with Crippen LogP contribution in [0.5, 0.6) is 5.75 Å². The minimum Gasteiger partial charge on any atom is -0.477 e. The Morgan fingerprint density at radius 2 is 1.82 bits per heavy atom. The van der Waals surface area contributed by atoms with E-state index in [0.717, 1.165) is 22.4 Å². The van der Waals surface area contributed by atoms with E-state index in [1.165, 1.54) is 0 Å². The largest absolute Gasteiger partial charge is 0.477 e. The van der Waals surface area contributed by atoms with Gasteiger partial charge in [-0.25, -0.2) is 4.98 Å². The van der Waals surface area contributed by atoms with Crippen LogP contribution < -0.4 is 15.0 Å². The minimum atomic E-state index is -0.812. The Labute approximate surface area is 191 Å². The van der Waals surface area contributed by atoms with Crippen LogP contribution >= 0.6 is 0 Å². The summed E-state index contributed by atoms with van der Waals surface area (Å²) in [6, 6.07) is 22.5. The van der Waals surface area contributed by atoms with Crippen molar-refractivity contribution in [3.63, 3.8) is 0 Å². The molecule has 1 N–H and O–H groups in total. The Kier molecular flexibility index (Phi) is 5.30. The van der Waals surface area contributed by atoms with Crippen molar-refractivity contribution in [1.82, 2.24) is 14.9 Å². The molecule has 1 unspecified atom stereocenters. The molecule has 3 aromatic carbocycles.